The Morgan fingerprint density at radius 2 is 1.76 bits per heavy atom. The van der Waals surface area contributed by atoms with Gasteiger partial charge in [-0.05, 0) is 6.42 Å². The number of nitrogens with zero attached hydrogens (tertiary/aromatic N) is 1. The first-order valence-electron chi connectivity index (χ1n) is 6.30. The van der Waals surface area contributed by atoms with Crippen LogP contribution in [0.3, 0.4) is 0 Å². The molecule has 2 amide bonds. The fourth-order valence-corrected chi connectivity index (χ4v) is 2.13. The molecule has 1 atom stereocenters. The Morgan fingerprint density at radius 1 is 1.19 bits per heavy atom. The Bertz CT molecular complexity index is 580. The van der Waals surface area contributed by atoms with Crippen LogP contribution in [-0.2, 0) is 9.59 Å². The van der Waals surface area contributed by atoms with Crippen LogP contribution in [0.5, 0.6) is 0 Å². The van der Waals surface area contributed by atoms with Crippen molar-refractivity contribution in [3.63, 3.8) is 0 Å². The Labute approximate surface area is 117 Å². The Morgan fingerprint density at radius 3 is 2.29 bits per heavy atom. The van der Waals surface area contributed by atoms with E-state index in [0.29, 0.717) is 6.42 Å². The molecule has 1 N–H and O–H groups in total. The van der Waals surface area contributed by atoms with Gasteiger partial charge in [-0.3, -0.25) is 14.5 Å². The lowest BCUT2D eigenvalue weighted by Gasteiger charge is -2.16. The summed E-state index contributed by atoms with van der Waals surface area (Å²) in [4.78, 5) is 24.5. The van der Waals surface area contributed by atoms with Crippen LogP contribution in [-0.4, -0.2) is 29.3 Å². The number of hydrogen-bond acceptors (Lipinski definition) is 3. The van der Waals surface area contributed by atoms with E-state index < -0.39 is 46.8 Å². The number of benzene rings is 1. The first-order valence-corrected chi connectivity index (χ1v) is 6.30. The van der Waals surface area contributed by atoms with Gasteiger partial charge >= 0.3 is 0 Å². The van der Waals surface area contributed by atoms with Crippen LogP contribution in [0.4, 0.5) is 23.2 Å². The fourth-order valence-electron chi connectivity index (χ4n) is 2.13. The molecule has 0 saturated carbocycles. The van der Waals surface area contributed by atoms with Gasteiger partial charge in [0.1, 0.15) is 11.7 Å². The zero-order chi connectivity index (χ0) is 15.7. The molecule has 0 aromatic heterocycles. The van der Waals surface area contributed by atoms with Gasteiger partial charge in [-0.25, -0.2) is 17.6 Å². The van der Waals surface area contributed by atoms with Crippen molar-refractivity contribution < 1.29 is 27.2 Å². The number of nitrogens with one attached hydrogen (secondary N) is 1. The van der Waals surface area contributed by atoms with Crippen LogP contribution in [0.1, 0.15) is 19.8 Å². The van der Waals surface area contributed by atoms with Gasteiger partial charge < -0.3 is 5.32 Å². The zero-order valence-electron chi connectivity index (χ0n) is 11.1. The van der Waals surface area contributed by atoms with Gasteiger partial charge in [-0.15, -0.1) is 0 Å². The maximum absolute atomic E-state index is 13.5. The molecule has 1 saturated heterocycles. The van der Waals surface area contributed by atoms with Crippen molar-refractivity contribution in [2.75, 3.05) is 11.9 Å². The third-order valence-electron chi connectivity index (χ3n) is 3.12. The molecule has 0 radical (unpaired) electrons. The van der Waals surface area contributed by atoms with Crippen molar-refractivity contribution in [2.24, 2.45) is 0 Å². The highest BCUT2D eigenvalue weighted by Gasteiger charge is 2.39. The van der Waals surface area contributed by atoms with E-state index in [1.54, 1.807) is 6.92 Å². The second-order valence-electron chi connectivity index (χ2n) is 4.63. The molecule has 0 spiro atoms. The summed E-state index contributed by atoms with van der Waals surface area (Å²) in [7, 11) is 0. The smallest absolute Gasteiger partial charge is 0.252 e. The molecule has 1 fully saturated rings. The molecule has 1 aliphatic rings. The maximum Gasteiger partial charge on any atom is 0.252 e. The van der Waals surface area contributed by atoms with Crippen LogP contribution in [0.2, 0.25) is 0 Å². The first kappa shape index (κ1) is 15.3. The van der Waals surface area contributed by atoms with E-state index in [2.05, 4.69) is 5.32 Å². The molecule has 4 nitrogen and oxygen atoms in total. The molecule has 114 valence electrons. The van der Waals surface area contributed by atoms with E-state index in [1.165, 1.54) is 0 Å². The topological polar surface area (TPSA) is 49.4 Å². The quantitative estimate of drug-likeness (QED) is 0.527. The van der Waals surface area contributed by atoms with Crippen LogP contribution in [0.25, 0.3) is 0 Å². The third-order valence-corrected chi connectivity index (χ3v) is 3.12. The molecular formula is C13H12F4N2O2. The minimum Gasteiger partial charge on any atom is -0.368 e. The number of imide groups is 1. The van der Waals surface area contributed by atoms with E-state index in [4.69, 9.17) is 0 Å². The molecular weight excluding hydrogens is 292 g/mol. The first-order chi connectivity index (χ1) is 9.86. The van der Waals surface area contributed by atoms with Crippen molar-refractivity contribution in [1.82, 2.24) is 4.90 Å². The van der Waals surface area contributed by atoms with E-state index in [1.807, 2.05) is 0 Å². The summed E-state index contributed by atoms with van der Waals surface area (Å²) in [5, 5.41) is 2.09. The van der Waals surface area contributed by atoms with E-state index in [9.17, 15) is 27.2 Å². The minimum absolute atomic E-state index is 0.0703. The van der Waals surface area contributed by atoms with Crippen LogP contribution in [0, 0.1) is 23.3 Å². The molecule has 0 bridgehead atoms. The standard InChI is InChI=1S/C13H12F4N2O2/c1-2-3-19-9(20)5-8(13(19)21)18-12-10(16)6(14)4-7(15)11(12)17/h4,8,18H,2-3,5H2,1H3. The maximum atomic E-state index is 13.5. The summed E-state index contributed by atoms with van der Waals surface area (Å²) >= 11 is 0. The predicted octanol–water partition coefficient (Wildman–Crippen LogP) is 2.19. The van der Waals surface area contributed by atoms with Crippen molar-refractivity contribution in [3.8, 4) is 0 Å². The summed E-state index contributed by atoms with van der Waals surface area (Å²) in [6.07, 6.45) is 0.206. The number of amides is 2. The molecule has 21 heavy (non-hydrogen) atoms. The van der Waals surface area contributed by atoms with Crippen molar-refractivity contribution in [2.45, 2.75) is 25.8 Å². The zero-order valence-corrected chi connectivity index (χ0v) is 11.1. The Hall–Kier alpha value is -2.12. The number of carbonyl (C=O) groups excluding carboxylic acids is 2. The van der Waals surface area contributed by atoms with Gasteiger partial charge in [0.25, 0.3) is 5.91 Å². The number of carbonyl (C=O) groups is 2. The largest absolute Gasteiger partial charge is 0.368 e. The highest BCUT2D eigenvalue weighted by atomic mass is 19.2. The van der Waals surface area contributed by atoms with Crippen molar-refractivity contribution in [1.29, 1.82) is 0 Å². The average molecular weight is 304 g/mol. The summed E-state index contributed by atoms with van der Waals surface area (Å²) in [5.74, 6) is -7.62. The SMILES string of the molecule is CCCN1C(=O)CC(Nc2c(F)c(F)cc(F)c2F)C1=O. The molecule has 2 rings (SSSR count). The molecule has 1 unspecified atom stereocenters. The van der Waals surface area contributed by atoms with Gasteiger partial charge in [-0.1, -0.05) is 6.92 Å². The van der Waals surface area contributed by atoms with Crippen LogP contribution < -0.4 is 5.32 Å². The summed E-state index contributed by atoms with van der Waals surface area (Å²) in [6, 6.07) is -1.17. The monoisotopic (exact) mass is 304 g/mol. The number of halogens is 4. The number of rotatable bonds is 4. The van der Waals surface area contributed by atoms with Gasteiger partial charge in [0.15, 0.2) is 23.3 Å². The summed E-state index contributed by atoms with van der Waals surface area (Å²) in [6.45, 7) is 1.93. The second kappa shape index (κ2) is 5.71. The molecule has 1 aromatic carbocycles. The lowest BCUT2D eigenvalue weighted by atomic mass is 10.2. The average Bonchev–Trinajstić information content (AvgIpc) is 2.69. The molecule has 0 aliphatic carbocycles. The third kappa shape index (κ3) is 2.70. The number of hydrogen-bond donors (Lipinski definition) is 1. The van der Waals surface area contributed by atoms with E-state index >= 15 is 0 Å². The van der Waals surface area contributed by atoms with Crippen molar-refractivity contribution in [3.05, 3.63) is 29.3 Å². The van der Waals surface area contributed by atoms with Gasteiger partial charge in [-0.2, -0.15) is 0 Å². The molecule has 1 aromatic rings. The lowest BCUT2D eigenvalue weighted by molar-refractivity contribution is -0.138. The molecule has 1 heterocycles. The summed E-state index contributed by atoms with van der Waals surface area (Å²) in [5.41, 5.74) is -1.09. The minimum atomic E-state index is -1.64. The Kier molecular flexibility index (Phi) is 4.15. The van der Waals surface area contributed by atoms with Gasteiger partial charge in [0, 0.05) is 12.6 Å². The number of likely N-dealkylation sites (tertiary alicyclic amines) is 1. The predicted molar refractivity (Wildman–Crippen MR) is 65.3 cm³/mol. The molecule has 8 heteroatoms. The fraction of sp³-hybridized carbons (Fsp3) is 0.385. The lowest BCUT2D eigenvalue weighted by Crippen LogP contribution is -2.35. The Balaban J connectivity index is 2.28. The highest BCUT2D eigenvalue weighted by molar-refractivity contribution is 6.06. The second-order valence-corrected chi connectivity index (χ2v) is 4.63. The van der Waals surface area contributed by atoms with Crippen molar-refractivity contribution >= 4 is 17.5 Å². The van der Waals surface area contributed by atoms with Crippen LogP contribution in [0.15, 0.2) is 6.07 Å². The van der Waals surface area contributed by atoms with Gasteiger partial charge in [0.2, 0.25) is 5.91 Å². The van der Waals surface area contributed by atoms with E-state index in [0.717, 1.165) is 4.90 Å². The highest BCUT2D eigenvalue weighted by Crippen LogP contribution is 2.27. The van der Waals surface area contributed by atoms with Crippen LogP contribution >= 0.6 is 0 Å². The number of anilines is 1. The molecule has 1 aliphatic heterocycles. The summed E-state index contributed by atoms with van der Waals surface area (Å²) < 4.78 is 53.2. The van der Waals surface area contributed by atoms with Gasteiger partial charge in [0.05, 0.1) is 6.42 Å². The normalized spacial score (nSPS) is 18.5. The van der Waals surface area contributed by atoms with E-state index in [-0.39, 0.29) is 19.0 Å².